The second-order valence-electron chi connectivity index (χ2n) is 17.5. The molecule has 9 aromatic carbocycles. The molecule has 10 aromatic rings. The number of aliphatic imine (C=N–C) groups is 3. The molecule has 2 aliphatic carbocycles. The van der Waals surface area contributed by atoms with Gasteiger partial charge in [0.1, 0.15) is 6.04 Å². The lowest BCUT2D eigenvalue weighted by Crippen LogP contribution is -2.33. The van der Waals surface area contributed by atoms with E-state index in [1.54, 1.807) is 0 Å². The standard InChI is InChI=1S/C62H38N4/c1-3-21-44-40(15-1)18-12-26-50(44)60-63-38-56(64-61(65-60)51-27-13-19-41-16-2-4-22-45(41)51)42-20-11-17-39(33-34-42)43-35-36-47-46-23-5-7-28-52(46)62(55(47)37-43)53-29-8-10-32-58(53)66-57-31-9-6-24-48(57)49-25-14-30-54(62)59(49)66/h1-16,18-38,56H. The topological polar surface area (TPSA) is 42.0 Å². The minimum absolute atomic E-state index is 0.396. The monoisotopic (exact) mass is 838 g/mol. The zero-order valence-corrected chi connectivity index (χ0v) is 35.7. The van der Waals surface area contributed by atoms with Crippen molar-refractivity contribution in [2.24, 2.45) is 15.0 Å². The second-order valence-corrected chi connectivity index (χ2v) is 17.5. The molecule has 0 N–H and O–H groups in total. The van der Waals surface area contributed by atoms with Crippen LogP contribution in [0.15, 0.2) is 245 Å². The number of allylic oxidation sites excluding steroid dienone is 3. The average molecular weight is 839 g/mol. The van der Waals surface area contributed by atoms with Gasteiger partial charge in [0.2, 0.25) is 0 Å². The Labute approximate surface area is 381 Å². The van der Waals surface area contributed by atoms with E-state index >= 15 is 0 Å². The van der Waals surface area contributed by atoms with E-state index in [0.29, 0.717) is 11.7 Å². The van der Waals surface area contributed by atoms with Crippen molar-refractivity contribution in [3.63, 3.8) is 0 Å². The van der Waals surface area contributed by atoms with Crippen LogP contribution in [0.4, 0.5) is 0 Å². The summed E-state index contributed by atoms with van der Waals surface area (Å²) in [4.78, 5) is 15.8. The SMILES string of the molecule is C1=CC=C(C2C=NC(c3cccc4ccccc34)=NC(c3cccc4ccccc34)=N2)C=CC=1c1ccc2c(c1)C1(c3ccccc3-2)c2ccccc2-n2c3ccccc3c3cccc1c32. The molecule has 0 saturated heterocycles. The van der Waals surface area contributed by atoms with Crippen LogP contribution >= 0.6 is 0 Å². The van der Waals surface area contributed by atoms with Gasteiger partial charge in [0.05, 0.1) is 22.1 Å². The van der Waals surface area contributed by atoms with Gasteiger partial charge in [0, 0.05) is 33.7 Å². The highest BCUT2D eigenvalue weighted by Gasteiger charge is 2.50. The van der Waals surface area contributed by atoms with Gasteiger partial charge in [0.25, 0.3) is 0 Å². The van der Waals surface area contributed by atoms with Crippen molar-refractivity contribution in [1.29, 1.82) is 0 Å². The third kappa shape index (κ3) is 5.19. The number of hydrogen-bond donors (Lipinski definition) is 0. The van der Waals surface area contributed by atoms with Crippen molar-refractivity contribution in [2.75, 3.05) is 0 Å². The summed E-state index contributed by atoms with van der Waals surface area (Å²) in [5, 5.41) is 7.04. The average Bonchev–Trinajstić information content (AvgIpc) is 3.58. The lowest BCUT2D eigenvalue weighted by Gasteiger charge is -2.39. The fourth-order valence-corrected chi connectivity index (χ4v) is 11.3. The van der Waals surface area contributed by atoms with Crippen LogP contribution in [-0.4, -0.2) is 28.5 Å². The molecule has 66 heavy (non-hydrogen) atoms. The molecule has 2 aliphatic heterocycles. The summed E-state index contributed by atoms with van der Waals surface area (Å²) in [5.41, 5.74) is 19.7. The minimum Gasteiger partial charge on any atom is -0.309 e. The van der Waals surface area contributed by atoms with E-state index in [0.717, 1.165) is 49.4 Å². The van der Waals surface area contributed by atoms with Gasteiger partial charge < -0.3 is 4.57 Å². The maximum Gasteiger partial charge on any atom is 0.161 e. The number of hydrogen-bond acceptors (Lipinski definition) is 3. The second kappa shape index (κ2) is 14.2. The first-order valence-corrected chi connectivity index (χ1v) is 22.6. The Kier molecular flexibility index (Phi) is 7.88. The molecule has 1 spiro atoms. The number of benzene rings is 9. The summed E-state index contributed by atoms with van der Waals surface area (Å²) in [6.07, 6.45) is 10.5. The molecular weight excluding hydrogens is 801 g/mol. The van der Waals surface area contributed by atoms with Crippen LogP contribution in [0.5, 0.6) is 0 Å². The van der Waals surface area contributed by atoms with E-state index < -0.39 is 11.5 Å². The van der Waals surface area contributed by atoms with E-state index in [9.17, 15) is 0 Å². The Morgan fingerprint density at radius 1 is 0.485 bits per heavy atom. The third-order valence-corrected chi connectivity index (χ3v) is 14.2. The fraction of sp³-hybridized carbons (Fsp3) is 0.0323. The minimum atomic E-state index is -0.532. The molecule has 0 radical (unpaired) electrons. The number of fused-ring (bicyclic) bond motifs is 14. The van der Waals surface area contributed by atoms with Gasteiger partial charge in [-0.15, -0.1) is 5.73 Å². The summed E-state index contributed by atoms with van der Waals surface area (Å²) in [5.74, 6) is 1.29. The zero-order chi connectivity index (χ0) is 43.3. The Balaban J connectivity index is 0.898. The first kappa shape index (κ1) is 36.8. The number of amidine groups is 2. The van der Waals surface area contributed by atoms with E-state index in [1.807, 2.05) is 12.3 Å². The molecule has 2 unspecified atom stereocenters. The Morgan fingerprint density at radius 2 is 1.11 bits per heavy atom. The lowest BCUT2D eigenvalue weighted by atomic mass is 9.65. The van der Waals surface area contributed by atoms with Crippen molar-refractivity contribution >= 4 is 66.8 Å². The molecule has 0 fully saturated rings. The highest BCUT2D eigenvalue weighted by atomic mass is 15.0. The number of nitrogens with zero attached hydrogens (tertiary/aromatic N) is 4. The Morgan fingerprint density at radius 3 is 1.94 bits per heavy atom. The van der Waals surface area contributed by atoms with E-state index in [4.69, 9.17) is 15.0 Å². The summed E-state index contributed by atoms with van der Waals surface area (Å²) >= 11 is 0. The molecular formula is C62H38N4. The third-order valence-electron chi connectivity index (χ3n) is 14.2. The van der Waals surface area contributed by atoms with Gasteiger partial charge >= 0.3 is 0 Å². The molecule has 0 saturated carbocycles. The van der Waals surface area contributed by atoms with Gasteiger partial charge in [-0.3, -0.25) is 4.99 Å². The van der Waals surface area contributed by atoms with Gasteiger partial charge in [-0.2, -0.15) is 0 Å². The Hall–Kier alpha value is -8.69. The largest absolute Gasteiger partial charge is 0.309 e. The van der Waals surface area contributed by atoms with Crippen LogP contribution in [0.2, 0.25) is 0 Å². The highest BCUT2D eigenvalue weighted by Crippen LogP contribution is 2.61. The van der Waals surface area contributed by atoms with Crippen LogP contribution < -0.4 is 0 Å². The first-order valence-electron chi connectivity index (χ1n) is 22.6. The van der Waals surface area contributed by atoms with E-state index in [2.05, 4.69) is 223 Å². The van der Waals surface area contributed by atoms with Crippen molar-refractivity contribution < 1.29 is 0 Å². The van der Waals surface area contributed by atoms with Gasteiger partial charge in [0.15, 0.2) is 11.7 Å². The highest BCUT2D eigenvalue weighted by molar-refractivity contribution is 6.22. The molecule has 4 aliphatic rings. The molecule has 4 nitrogen and oxygen atoms in total. The fourth-order valence-electron chi connectivity index (χ4n) is 11.3. The first-order chi connectivity index (χ1) is 32.7. The van der Waals surface area contributed by atoms with Crippen LogP contribution in [0, 0.1) is 0 Å². The van der Waals surface area contributed by atoms with Gasteiger partial charge in [-0.25, -0.2) is 9.98 Å². The van der Waals surface area contributed by atoms with Crippen molar-refractivity contribution in [1.82, 2.24) is 4.57 Å². The van der Waals surface area contributed by atoms with E-state index in [-0.39, 0.29) is 0 Å². The molecule has 2 atom stereocenters. The summed E-state index contributed by atoms with van der Waals surface area (Å²) in [6, 6.07) is 69.9. The van der Waals surface area contributed by atoms with Crippen LogP contribution in [-0.2, 0) is 5.41 Å². The number of para-hydroxylation sites is 3. The van der Waals surface area contributed by atoms with E-state index in [1.165, 1.54) is 60.9 Å². The predicted molar refractivity (Wildman–Crippen MR) is 274 cm³/mol. The molecule has 4 heteroatoms. The molecule has 1 aromatic heterocycles. The predicted octanol–water partition coefficient (Wildman–Crippen LogP) is 14.1. The van der Waals surface area contributed by atoms with Crippen LogP contribution in [0.25, 0.3) is 65.7 Å². The van der Waals surface area contributed by atoms with Gasteiger partial charge in [-0.05, 0) is 102 Å². The van der Waals surface area contributed by atoms with Crippen molar-refractivity contribution in [3.8, 4) is 16.8 Å². The quantitative estimate of drug-likeness (QED) is 0.159. The van der Waals surface area contributed by atoms with Gasteiger partial charge in [-0.1, -0.05) is 182 Å². The van der Waals surface area contributed by atoms with Crippen molar-refractivity contribution in [3.05, 3.63) is 269 Å². The molecule has 14 rings (SSSR count). The normalized spacial score (nSPS) is 17.8. The Bertz CT molecular complexity index is 3980. The smallest absolute Gasteiger partial charge is 0.161 e. The molecule has 0 bridgehead atoms. The summed E-state index contributed by atoms with van der Waals surface area (Å²) in [7, 11) is 0. The number of rotatable bonds is 4. The number of aromatic nitrogens is 1. The van der Waals surface area contributed by atoms with Crippen LogP contribution in [0.1, 0.15) is 38.9 Å². The summed E-state index contributed by atoms with van der Waals surface area (Å²) < 4.78 is 2.50. The molecule has 3 heterocycles. The maximum absolute atomic E-state index is 5.42. The zero-order valence-electron chi connectivity index (χ0n) is 35.7. The van der Waals surface area contributed by atoms with Crippen molar-refractivity contribution in [2.45, 2.75) is 11.5 Å². The molecule has 306 valence electrons. The lowest BCUT2D eigenvalue weighted by molar-refractivity contribution is 0.748. The molecule has 0 amide bonds. The summed E-state index contributed by atoms with van der Waals surface area (Å²) in [6.45, 7) is 0. The van der Waals surface area contributed by atoms with Crippen LogP contribution in [0.3, 0.4) is 0 Å². The maximum atomic E-state index is 5.42.